The molecule has 0 radical (unpaired) electrons. The molecule has 0 aliphatic carbocycles. The maximum Gasteiger partial charge on any atom is 0.254 e. The topological polar surface area (TPSA) is 84.2 Å². The van der Waals surface area contributed by atoms with Crippen molar-refractivity contribution in [2.45, 2.75) is 18.9 Å². The second-order valence-corrected chi connectivity index (χ2v) is 4.24. The van der Waals surface area contributed by atoms with Crippen molar-refractivity contribution in [2.75, 3.05) is 5.73 Å². The minimum Gasteiger partial charge on any atom is -0.398 e. The van der Waals surface area contributed by atoms with E-state index in [-0.39, 0.29) is 11.8 Å². The highest BCUT2D eigenvalue weighted by atomic mass is 16.2. The monoisotopic (exact) mass is 245 g/mol. The molecule has 1 aliphatic heterocycles. The van der Waals surface area contributed by atoms with Gasteiger partial charge in [-0.05, 0) is 25.0 Å². The minimum atomic E-state index is -0.525. The Balaban J connectivity index is 2.06. The van der Waals surface area contributed by atoms with Gasteiger partial charge in [0.1, 0.15) is 6.04 Å². The molecule has 0 aromatic heterocycles. The summed E-state index contributed by atoms with van der Waals surface area (Å²) in [4.78, 5) is 23.6. The van der Waals surface area contributed by atoms with E-state index >= 15 is 0 Å². The lowest BCUT2D eigenvalue weighted by Gasteiger charge is -2.24. The number of benzene rings is 1. The molecule has 1 aromatic carbocycles. The summed E-state index contributed by atoms with van der Waals surface area (Å²) >= 11 is 0. The Bertz CT molecular complexity index is 511. The van der Waals surface area contributed by atoms with Crippen LogP contribution >= 0.6 is 0 Å². The van der Waals surface area contributed by atoms with E-state index in [4.69, 9.17) is 5.73 Å². The zero-order valence-electron chi connectivity index (χ0n) is 9.90. The highest BCUT2D eigenvalue weighted by molar-refractivity contribution is 6.01. The maximum atomic E-state index is 12.0. The molecule has 1 aromatic rings. The first kappa shape index (κ1) is 12.2. The molecule has 5 heteroatoms. The Hall–Kier alpha value is -2.30. The van der Waals surface area contributed by atoms with Crippen molar-refractivity contribution in [1.29, 1.82) is 0 Å². The summed E-state index contributed by atoms with van der Waals surface area (Å²) in [6, 6.07) is 6.24. The van der Waals surface area contributed by atoms with E-state index in [9.17, 15) is 9.59 Å². The van der Waals surface area contributed by atoms with Gasteiger partial charge in [0.2, 0.25) is 5.91 Å². The second-order valence-electron chi connectivity index (χ2n) is 4.24. The van der Waals surface area contributed by atoms with Crippen LogP contribution in [0.3, 0.4) is 0 Å². The molecule has 1 aliphatic rings. The van der Waals surface area contributed by atoms with Crippen molar-refractivity contribution in [1.82, 2.24) is 10.6 Å². The van der Waals surface area contributed by atoms with Crippen molar-refractivity contribution in [3.63, 3.8) is 0 Å². The van der Waals surface area contributed by atoms with Crippen LogP contribution in [-0.2, 0) is 4.79 Å². The summed E-state index contributed by atoms with van der Waals surface area (Å²) in [5.74, 6) is -0.560. The molecule has 18 heavy (non-hydrogen) atoms. The Labute approximate surface area is 105 Å². The van der Waals surface area contributed by atoms with Crippen LogP contribution in [0.15, 0.2) is 36.5 Å². The molecule has 1 fully saturated rings. The minimum absolute atomic E-state index is 0.228. The van der Waals surface area contributed by atoms with Crippen LogP contribution in [-0.4, -0.2) is 17.9 Å². The number of amides is 2. The normalized spacial score (nSPS) is 19.2. The number of para-hydroxylation sites is 1. The molecule has 1 unspecified atom stereocenters. The molecule has 0 saturated carbocycles. The van der Waals surface area contributed by atoms with Crippen LogP contribution in [0, 0.1) is 0 Å². The summed E-state index contributed by atoms with van der Waals surface area (Å²) in [7, 11) is 0. The molecule has 1 saturated heterocycles. The number of piperidine rings is 1. The Morgan fingerprint density at radius 2 is 2.17 bits per heavy atom. The fourth-order valence-electron chi connectivity index (χ4n) is 1.85. The van der Waals surface area contributed by atoms with Gasteiger partial charge in [-0.1, -0.05) is 18.7 Å². The van der Waals surface area contributed by atoms with Crippen molar-refractivity contribution in [3.8, 4) is 0 Å². The average Bonchev–Trinajstić information content (AvgIpc) is 2.33. The third kappa shape index (κ3) is 2.51. The van der Waals surface area contributed by atoms with Gasteiger partial charge in [0.05, 0.1) is 5.56 Å². The fourth-order valence-corrected chi connectivity index (χ4v) is 1.85. The predicted octanol–water partition coefficient (Wildman–Crippen LogP) is 0.791. The Morgan fingerprint density at radius 1 is 1.44 bits per heavy atom. The first-order chi connectivity index (χ1) is 8.58. The molecular formula is C13H15N3O2. The van der Waals surface area contributed by atoms with Gasteiger partial charge in [-0.2, -0.15) is 0 Å². The number of hydrogen-bond donors (Lipinski definition) is 3. The number of nitrogens with two attached hydrogens (primary N) is 1. The van der Waals surface area contributed by atoms with Crippen molar-refractivity contribution < 1.29 is 9.59 Å². The van der Waals surface area contributed by atoms with Gasteiger partial charge in [0, 0.05) is 11.4 Å². The van der Waals surface area contributed by atoms with Crippen molar-refractivity contribution in [3.05, 3.63) is 42.1 Å². The second kappa shape index (κ2) is 4.91. The van der Waals surface area contributed by atoms with Gasteiger partial charge in [0.15, 0.2) is 0 Å². The number of allylic oxidation sites excluding steroid dienone is 1. The molecule has 0 spiro atoms. The summed E-state index contributed by atoms with van der Waals surface area (Å²) in [5.41, 5.74) is 7.18. The van der Waals surface area contributed by atoms with E-state index < -0.39 is 6.04 Å². The zero-order valence-corrected chi connectivity index (χ0v) is 9.90. The van der Waals surface area contributed by atoms with Crippen LogP contribution in [0.4, 0.5) is 5.69 Å². The number of nitrogens with one attached hydrogen (secondary N) is 2. The van der Waals surface area contributed by atoms with Crippen LogP contribution in [0.25, 0.3) is 0 Å². The van der Waals surface area contributed by atoms with Gasteiger partial charge in [-0.15, -0.1) is 0 Å². The summed E-state index contributed by atoms with van der Waals surface area (Å²) in [6.45, 7) is 3.69. The smallest absolute Gasteiger partial charge is 0.254 e. The van der Waals surface area contributed by atoms with E-state index in [1.807, 2.05) is 0 Å². The van der Waals surface area contributed by atoms with E-state index in [2.05, 4.69) is 17.2 Å². The SMILES string of the molecule is C=C1CCC(NC(=O)c2ccccc2N)C(=O)N1. The lowest BCUT2D eigenvalue weighted by molar-refractivity contribution is -0.123. The number of rotatable bonds is 2. The standard InChI is InChI=1S/C13H15N3O2/c1-8-6-7-11(13(18)15-8)16-12(17)9-4-2-3-5-10(9)14/h2-5,11H,1,6-7,14H2,(H,15,18)(H,16,17). The van der Waals surface area contributed by atoms with E-state index in [0.29, 0.717) is 29.8 Å². The molecule has 1 heterocycles. The predicted molar refractivity (Wildman–Crippen MR) is 68.6 cm³/mol. The van der Waals surface area contributed by atoms with E-state index in [0.717, 1.165) is 0 Å². The first-order valence-electron chi connectivity index (χ1n) is 5.72. The van der Waals surface area contributed by atoms with Crippen molar-refractivity contribution >= 4 is 17.5 Å². The van der Waals surface area contributed by atoms with E-state index in [1.54, 1.807) is 24.3 Å². The van der Waals surface area contributed by atoms with Crippen LogP contribution in [0.2, 0.25) is 0 Å². The number of nitrogen functional groups attached to an aromatic ring is 1. The molecule has 2 rings (SSSR count). The first-order valence-corrected chi connectivity index (χ1v) is 5.72. The quantitative estimate of drug-likeness (QED) is 0.673. The third-order valence-electron chi connectivity index (χ3n) is 2.86. The van der Waals surface area contributed by atoms with Gasteiger partial charge in [-0.3, -0.25) is 9.59 Å². The highest BCUT2D eigenvalue weighted by Gasteiger charge is 2.26. The summed E-state index contributed by atoms with van der Waals surface area (Å²) in [5, 5.41) is 5.30. The van der Waals surface area contributed by atoms with Crippen LogP contribution in [0.1, 0.15) is 23.2 Å². The third-order valence-corrected chi connectivity index (χ3v) is 2.86. The van der Waals surface area contributed by atoms with Crippen molar-refractivity contribution in [2.24, 2.45) is 0 Å². The summed E-state index contributed by atoms with van der Waals surface area (Å²) in [6.07, 6.45) is 1.23. The summed E-state index contributed by atoms with van der Waals surface area (Å²) < 4.78 is 0. The number of anilines is 1. The lowest BCUT2D eigenvalue weighted by atomic mass is 10.0. The highest BCUT2D eigenvalue weighted by Crippen LogP contribution is 2.14. The number of carbonyl (C=O) groups is 2. The fraction of sp³-hybridized carbons (Fsp3) is 0.231. The van der Waals surface area contributed by atoms with Gasteiger partial charge < -0.3 is 16.4 Å². The van der Waals surface area contributed by atoms with Gasteiger partial charge in [0.25, 0.3) is 5.91 Å². The average molecular weight is 245 g/mol. The Kier molecular flexibility index (Phi) is 3.32. The molecule has 2 amide bonds. The number of carbonyl (C=O) groups excluding carboxylic acids is 2. The maximum absolute atomic E-state index is 12.0. The zero-order chi connectivity index (χ0) is 13.1. The van der Waals surface area contributed by atoms with E-state index in [1.165, 1.54) is 0 Å². The molecule has 1 atom stereocenters. The van der Waals surface area contributed by atoms with Gasteiger partial charge in [-0.25, -0.2) is 0 Å². The van der Waals surface area contributed by atoms with Crippen LogP contribution in [0.5, 0.6) is 0 Å². The van der Waals surface area contributed by atoms with Gasteiger partial charge >= 0.3 is 0 Å². The lowest BCUT2D eigenvalue weighted by Crippen LogP contribution is -2.49. The molecule has 5 nitrogen and oxygen atoms in total. The number of hydrogen-bond acceptors (Lipinski definition) is 3. The molecule has 94 valence electrons. The Morgan fingerprint density at radius 3 is 2.83 bits per heavy atom. The largest absolute Gasteiger partial charge is 0.398 e. The molecule has 0 bridgehead atoms. The molecule has 4 N–H and O–H groups in total. The molecular weight excluding hydrogens is 230 g/mol. The van der Waals surface area contributed by atoms with Crippen LogP contribution < -0.4 is 16.4 Å².